The molecule has 0 spiro atoms. The molecular weight excluding hydrogens is 168 g/mol. The van der Waals surface area contributed by atoms with Crippen molar-refractivity contribution in [1.82, 2.24) is 4.98 Å². The summed E-state index contributed by atoms with van der Waals surface area (Å²) in [5.74, 6) is 0.738. The second-order valence-corrected chi connectivity index (χ2v) is 4.29. The molecule has 1 aliphatic carbocycles. The van der Waals surface area contributed by atoms with E-state index in [0.29, 0.717) is 6.54 Å². The van der Waals surface area contributed by atoms with Gasteiger partial charge in [-0.05, 0) is 12.8 Å². The van der Waals surface area contributed by atoms with Crippen molar-refractivity contribution in [1.29, 1.82) is 0 Å². The summed E-state index contributed by atoms with van der Waals surface area (Å²) < 4.78 is 0. The molecule has 1 aromatic rings. The summed E-state index contributed by atoms with van der Waals surface area (Å²) in [5.41, 5.74) is 6.80. The zero-order valence-electron chi connectivity index (χ0n) is 7.12. The van der Waals surface area contributed by atoms with Crippen LogP contribution >= 0.6 is 11.3 Å². The molecule has 0 amide bonds. The molecule has 0 aliphatic heterocycles. The van der Waals surface area contributed by atoms with Gasteiger partial charge in [0.05, 0.1) is 5.69 Å². The second kappa shape index (κ2) is 3.54. The molecule has 66 valence electrons. The highest BCUT2D eigenvalue weighted by Crippen LogP contribution is 2.34. The Morgan fingerprint density at radius 3 is 2.83 bits per heavy atom. The number of nitrogens with zero attached hydrogens (tertiary/aromatic N) is 1. The van der Waals surface area contributed by atoms with Gasteiger partial charge in [0, 0.05) is 17.8 Å². The molecule has 1 heterocycles. The van der Waals surface area contributed by atoms with Crippen molar-refractivity contribution in [3.05, 3.63) is 16.1 Å². The monoisotopic (exact) mass is 182 g/mol. The molecule has 0 bridgehead atoms. The first-order chi connectivity index (χ1) is 5.90. The van der Waals surface area contributed by atoms with Crippen LogP contribution in [0.4, 0.5) is 0 Å². The zero-order valence-corrected chi connectivity index (χ0v) is 7.94. The predicted molar refractivity (Wildman–Crippen MR) is 51.2 cm³/mol. The van der Waals surface area contributed by atoms with E-state index in [2.05, 4.69) is 10.4 Å². The molecule has 0 saturated heterocycles. The molecule has 0 atom stereocenters. The van der Waals surface area contributed by atoms with E-state index >= 15 is 0 Å². The summed E-state index contributed by atoms with van der Waals surface area (Å²) in [7, 11) is 0. The number of rotatable bonds is 2. The van der Waals surface area contributed by atoms with Crippen molar-refractivity contribution in [2.24, 2.45) is 5.73 Å². The smallest absolute Gasteiger partial charge is 0.106 e. The van der Waals surface area contributed by atoms with Gasteiger partial charge in [-0.3, -0.25) is 0 Å². The molecule has 2 N–H and O–H groups in total. The van der Waals surface area contributed by atoms with E-state index in [9.17, 15) is 0 Å². The molecule has 2 rings (SSSR count). The third-order valence-electron chi connectivity index (χ3n) is 2.52. The van der Waals surface area contributed by atoms with Gasteiger partial charge >= 0.3 is 0 Å². The minimum atomic E-state index is 0.595. The summed E-state index contributed by atoms with van der Waals surface area (Å²) in [6.45, 7) is 0.595. The maximum Gasteiger partial charge on any atom is 0.106 e. The highest BCUT2D eigenvalue weighted by atomic mass is 32.1. The predicted octanol–water partition coefficient (Wildman–Crippen LogP) is 2.26. The maximum atomic E-state index is 5.51. The fraction of sp³-hybridized carbons (Fsp3) is 0.667. The van der Waals surface area contributed by atoms with Gasteiger partial charge in [0.2, 0.25) is 0 Å². The quantitative estimate of drug-likeness (QED) is 0.762. The van der Waals surface area contributed by atoms with Crippen molar-refractivity contribution in [2.75, 3.05) is 0 Å². The van der Waals surface area contributed by atoms with Crippen LogP contribution in [0.3, 0.4) is 0 Å². The lowest BCUT2D eigenvalue weighted by atomic mass is 10.1. The Bertz CT molecular complexity index is 251. The first kappa shape index (κ1) is 8.20. The van der Waals surface area contributed by atoms with Gasteiger partial charge in [0.15, 0.2) is 0 Å². The van der Waals surface area contributed by atoms with Crippen LogP contribution in [0.1, 0.15) is 42.3 Å². The molecule has 1 saturated carbocycles. The molecule has 1 aliphatic rings. The molecule has 3 heteroatoms. The molecule has 0 aromatic carbocycles. The van der Waals surface area contributed by atoms with Gasteiger partial charge in [0.1, 0.15) is 5.01 Å². The van der Waals surface area contributed by atoms with Crippen LogP contribution in [-0.2, 0) is 6.54 Å². The van der Waals surface area contributed by atoms with Gasteiger partial charge in [-0.2, -0.15) is 0 Å². The van der Waals surface area contributed by atoms with Gasteiger partial charge in [-0.15, -0.1) is 11.3 Å². The van der Waals surface area contributed by atoms with Crippen molar-refractivity contribution in [3.63, 3.8) is 0 Å². The Hall–Kier alpha value is -0.410. The SMILES string of the molecule is NCc1nc(C2CCCC2)cs1. The van der Waals surface area contributed by atoms with E-state index in [0.717, 1.165) is 10.9 Å². The Morgan fingerprint density at radius 1 is 1.50 bits per heavy atom. The zero-order chi connectivity index (χ0) is 8.39. The number of hydrogen-bond acceptors (Lipinski definition) is 3. The highest BCUT2D eigenvalue weighted by molar-refractivity contribution is 7.09. The molecule has 1 fully saturated rings. The minimum absolute atomic E-state index is 0.595. The van der Waals surface area contributed by atoms with Crippen LogP contribution in [0.15, 0.2) is 5.38 Å². The first-order valence-corrected chi connectivity index (χ1v) is 5.42. The number of hydrogen-bond donors (Lipinski definition) is 1. The highest BCUT2D eigenvalue weighted by Gasteiger charge is 2.19. The molecule has 0 unspecified atom stereocenters. The van der Waals surface area contributed by atoms with E-state index < -0.39 is 0 Å². The van der Waals surface area contributed by atoms with Crippen LogP contribution in [0.5, 0.6) is 0 Å². The van der Waals surface area contributed by atoms with Crippen LogP contribution in [-0.4, -0.2) is 4.98 Å². The summed E-state index contributed by atoms with van der Waals surface area (Å²) in [6, 6.07) is 0. The fourth-order valence-corrected chi connectivity index (χ4v) is 2.58. The standard InChI is InChI=1S/C9H14N2S/c10-5-9-11-8(6-12-9)7-3-1-2-4-7/h6-7H,1-5,10H2. The van der Waals surface area contributed by atoms with E-state index in [4.69, 9.17) is 5.73 Å². The van der Waals surface area contributed by atoms with E-state index in [-0.39, 0.29) is 0 Å². The lowest BCUT2D eigenvalue weighted by Gasteiger charge is -2.02. The molecule has 0 radical (unpaired) electrons. The van der Waals surface area contributed by atoms with E-state index in [1.54, 1.807) is 11.3 Å². The van der Waals surface area contributed by atoms with Crippen LogP contribution in [0.25, 0.3) is 0 Å². The molecule has 1 aromatic heterocycles. The normalized spacial score (nSPS) is 18.8. The van der Waals surface area contributed by atoms with Gasteiger partial charge in [-0.25, -0.2) is 4.98 Å². The summed E-state index contributed by atoms with van der Waals surface area (Å²) in [4.78, 5) is 4.50. The lowest BCUT2D eigenvalue weighted by Crippen LogP contribution is -1.97. The Labute approximate surface area is 76.8 Å². The summed E-state index contributed by atoms with van der Waals surface area (Å²) >= 11 is 1.70. The van der Waals surface area contributed by atoms with Crippen LogP contribution in [0, 0.1) is 0 Å². The second-order valence-electron chi connectivity index (χ2n) is 3.35. The third kappa shape index (κ3) is 1.52. The minimum Gasteiger partial charge on any atom is -0.325 e. The summed E-state index contributed by atoms with van der Waals surface area (Å²) in [6.07, 6.45) is 5.40. The van der Waals surface area contributed by atoms with Gasteiger partial charge < -0.3 is 5.73 Å². The molecular formula is C9H14N2S. The third-order valence-corrected chi connectivity index (χ3v) is 3.41. The average Bonchev–Trinajstić information content (AvgIpc) is 2.75. The number of thiazole rings is 1. The fourth-order valence-electron chi connectivity index (χ4n) is 1.83. The Balaban J connectivity index is 2.11. The topological polar surface area (TPSA) is 38.9 Å². The van der Waals surface area contributed by atoms with Crippen molar-refractivity contribution in [3.8, 4) is 0 Å². The average molecular weight is 182 g/mol. The number of aromatic nitrogens is 1. The number of nitrogens with two attached hydrogens (primary N) is 1. The molecule has 2 nitrogen and oxygen atoms in total. The Kier molecular flexibility index (Phi) is 2.42. The summed E-state index contributed by atoms with van der Waals surface area (Å²) in [5, 5.41) is 3.26. The van der Waals surface area contributed by atoms with E-state index in [1.165, 1.54) is 31.4 Å². The Morgan fingerprint density at radius 2 is 2.25 bits per heavy atom. The van der Waals surface area contributed by atoms with Crippen molar-refractivity contribution < 1.29 is 0 Å². The van der Waals surface area contributed by atoms with Crippen molar-refractivity contribution in [2.45, 2.75) is 38.1 Å². The largest absolute Gasteiger partial charge is 0.325 e. The van der Waals surface area contributed by atoms with Gasteiger partial charge in [0.25, 0.3) is 0 Å². The first-order valence-electron chi connectivity index (χ1n) is 4.54. The van der Waals surface area contributed by atoms with Crippen molar-refractivity contribution >= 4 is 11.3 Å². The molecule has 12 heavy (non-hydrogen) atoms. The van der Waals surface area contributed by atoms with E-state index in [1.807, 2.05) is 0 Å². The van der Waals surface area contributed by atoms with Crippen LogP contribution < -0.4 is 5.73 Å². The van der Waals surface area contributed by atoms with Gasteiger partial charge in [-0.1, -0.05) is 12.8 Å². The van der Waals surface area contributed by atoms with Crippen LogP contribution in [0.2, 0.25) is 0 Å². The lowest BCUT2D eigenvalue weighted by molar-refractivity contribution is 0.699. The maximum absolute atomic E-state index is 5.51.